The first kappa shape index (κ1) is 17.7. The molecule has 1 unspecified atom stereocenters. The molecule has 1 N–H and O–H groups in total. The fourth-order valence-corrected chi connectivity index (χ4v) is 2.90. The van der Waals surface area contributed by atoms with Crippen molar-refractivity contribution in [3.63, 3.8) is 0 Å². The molecule has 0 saturated heterocycles. The van der Waals surface area contributed by atoms with Crippen LogP contribution in [0.1, 0.15) is 72.1 Å². The van der Waals surface area contributed by atoms with Crippen LogP contribution >= 0.6 is 0 Å². The van der Waals surface area contributed by atoms with E-state index >= 15 is 0 Å². The molecule has 118 valence electrons. The molecule has 0 heterocycles. The van der Waals surface area contributed by atoms with E-state index in [2.05, 4.69) is 39.0 Å². The number of carboxylic acids is 1. The summed E-state index contributed by atoms with van der Waals surface area (Å²) in [6.45, 7) is 6.49. The lowest BCUT2D eigenvalue weighted by Gasteiger charge is -2.21. The van der Waals surface area contributed by atoms with Gasteiger partial charge < -0.3 is 5.11 Å². The molecule has 0 aromatic rings. The fraction of sp³-hybridized carbons (Fsp3) is 0.632. The molecule has 0 aromatic carbocycles. The van der Waals surface area contributed by atoms with Gasteiger partial charge in [0.2, 0.25) is 0 Å². The Morgan fingerprint density at radius 3 is 2.71 bits per heavy atom. The molecule has 2 heteroatoms. The summed E-state index contributed by atoms with van der Waals surface area (Å²) < 4.78 is 0. The molecule has 0 saturated carbocycles. The van der Waals surface area contributed by atoms with Crippen LogP contribution < -0.4 is 0 Å². The fourth-order valence-electron chi connectivity index (χ4n) is 2.90. The van der Waals surface area contributed by atoms with E-state index in [1.54, 1.807) is 0 Å². The van der Waals surface area contributed by atoms with E-state index in [1.165, 1.54) is 16.7 Å². The van der Waals surface area contributed by atoms with Crippen LogP contribution in [0, 0.1) is 5.92 Å². The standard InChI is InChI=1S/C19H30O2/c1-15(2)7-4-8-16(3)9-5-10-17-11-6-12-18(13-17)14-19(20)21/h7,9,11,18H,4-6,8,10,12-14H2,1-3H3,(H,20,21). The molecule has 0 aromatic heterocycles. The second kappa shape index (κ2) is 9.59. The van der Waals surface area contributed by atoms with E-state index in [-0.39, 0.29) is 0 Å². The average molecular weight is 290 g/mol. The Kier molecular flexibility index (Phi) is 8.11. The molecule has 0 radical (unpaired) electrons. The Labute approximate surface area is 129 Å². The van der Waals surface area contributed by atoms with Crippen LogP contribution in [0.2, 0.25) is 0 Å². The molecular formula is C19H30O2. The highest BCUT2D eigenvalue weighted by molar-refractivity contribution is 5.67. The van der Waals surface area contributed by atoms with E-state index in [1.807, 2.05) is 0 Å². The lowest BCUT2D eigenvalue weighted by Crippen LogP contribution is -2.11. The molecule has 1 atom stereocenters. The summed E-state index contributed by atoms with van der Waals surface area (Å²) in [6, 6.07) is 0. The van der Waals surface area contributed by atoms with E-state index < -0.39 is 5.97 Å². The highest BCUT2D eigenvalue weighted by atomic mass is 16.4. The van der Waals surface area contributed by atoms with Gasteiger partial charge in [-0.2, -0.15) is 0 Å². The first-order chi connectivity index (χ1) is 9.97. The molecule has 1 rings (SSSR count). The number of rotatable bonds is 8. The van der Waals surface area contributed by atoms with Crippen LogP contribution in [0.4, 0.5) is 0 Å². The van der Waals surface area contributed by atoms with Gasteiger partial charge in [0.15, 0.2) is 0 Å². The Morgan fingerprint density at radius 2 is 2.05 bits per heavy atom. The van der Waals surface area contributed by atoms with Gasteiger partial charge in [-0.05, 0) is 71.6 Å². The van der Waals surface area contributed by atoms with Gasteiger partial charge in [-0.3, -0.25) is 4.79 Å². The molecule has 2 nitrogen and oxygen atoms in total. The third kappa shape index (κ3) is 8.54. The third-order valence-corrected chi connectivity index (χ3v) is 4.07. The quantitative estimate of drug-likeness (QED) is 0.585. The monoisotopic (exact) mass is 290 g/mol. The van der Waals surface area contributed by atoms with Crippen LogP contribution in [0.3, 0.4) is 0 Å². The summed E-state index contributed by atoms with van der Waals surface area (Å²) in [6.07, 6.45) is 14.8. The molecule has 0 aliphatic heterocycles. The third-order valence-electron chi connectivity index (χ3n) is 4.07. The predicted octanol–water partition coefficient (Wildman–Crippen LogP) is 5.66. The van der Waals surface area contributed by atoms with Crippen molar-refractivity contribution in [3.8, 4) is 0 Å². The zero-order chi connectivity index (χ0) is 15.7. The number of hydrogen-bond donors (Lipinski definition) is 1. The normalized spacial score (nSPS) is 19.1. The minimum Gasteiger partial charge on any atom is -0.481 e. The number of allylic oxidation sites excluding steroid dienone is 6. The van der Waals surface area contributed by atoms with Gasteiger partial charge in [-0.1, -0.05) is 34.9 Å². The number of carboxylic acid groups (broad SMARTS) is 1. The summed E-state index contributed by atoms with van der Waals surface area (Å²) >= 11 is 0. The van der Waals surface area contributed by atoms with Gasteiger partial charge in [0.1, 0.15) is 0 Å². The maximum Gasteiger partial charge on any atom is 0.303 e. The second-order valence-electron chi connectivity index (χ2n) is 6.52. The van der Waals surface area contributed by atoms with E-state index in [0.29, 0.717) is 12.3 Å². The Hall–Kier alpha value is -1.31. The van der Waals surface area contributed by atoms with Crippen molar-refractivity contribution in [1.82, 2.24) is 0 Å². The van der Waals surface area contributed by atoms with Crippen molar-refractivity contribution in [2.24, 2.45) is 5.92 Å². The van der Waals surface area contributed by atoms with Gasteiger partial charge in [0.25, 0.3) is 0 Å². The molecular weight excluding hydrogens is 260 g/mol. The second-order valence-corrected chi connectivity index (χ2v) is 6.52. The zero-order valence-corrected chi connectivity index (χ0v) is 13.8. The van der Waals surface area contributed by atoms with Crippen molar-refractivity contribution < 1.29 is 9.90 Å². The molecule has 0 spiro atoms. The van der Waals surface area contributed by atoms with Gasteiger partial charge >= 0.3 is 5.97 Å². The van der Waals surface area contributed by atoms with Crippen molar-refractivity contribution in [2.75, 3.05) is 0 Å². The molecule has 0 fully saturated rings. The molecule has 0 amide bonds. The number of aliphatic carboxylic acids is 1. The van der Waals surface area contributed by atoms with Crippen molar-refractivity contribution >= 4 is 5.97 Å². The SMILES string of the molecule is CC(C)=CCCC(C)=CCCC1=CCCC(CC(=O)O)C1. The Bertz CT molecular complexity index is 423. The number of hydrogen-bond acceptors (Lipinski definition) is 1. The lowest BCUT2D eigenvalue weighted by molar-refractivity contribution is -0.138. The number of carbonyl (C=O) groups is 1. The highest BCUT2D eigenvalue weighted by Gasteiger charge is 2.17. The van der Waals surface area contributed by atoms with E-state index in [4.69, 9.17) is 5.11 Å². The maximum atomic E-state index is 10.8. The maximum absolute atomic E-state index is 10.8. The van der Waals surface area contributed by atoms with Crippen LogP contribution in [0.5, 0.6) is 0 Å². The largest absolute Gasteiger partial charge is 0.481 e. The summed E-state index contributed by atoms with van der Waals surface area (Å²) in [5.41, 5.74) is 4.31. The molecule has 1 aliphatic rings. The highest BCUT2D eigenvalue weighted by Crippen LogP contribution is 2.29. The van der Waals surface area contributed by atoms with Gasteiger partial charge in [0, 0.05) is 6.42 Å². The van der Waals surface area contributed by atoms with Crippen LogP contribution in [0.15, 0.2) is 34.9 Å². The van der Waals surface area contributed by atoms with E-state index in [0.717, 1.165) is 44.9 Å². The lowest BCUT2D eigenvalue weighted by atomic mass is 9.85. The zero-order valence-electron chi connectivity index (χ0n) is 13.8. The first-order valence-electron chi connectivity index (χ1n) is 8.16. The summed E-state index contributed by atoms with van der Waals surface area (Å²) in [5, 5.41) is 8.89. The van der Waals surface area contributed by atoms with Crippen molar-refractivity contribution in [3.05, 3.63) is 34.9 Å². The minimum absolute atomic E-state index is 0.328. The van der Waals surface area contributed by atoms with Gasteiger partial charge in [-0.25, -0.2) is 0 Å². The minimum atomic E-state index is -0.656. The predicted molar refractivity (Wildman–Crippen MR) is 89.3 cm³/mol. The summed E-state index contributed by atoms with van der Waals surface area (Å²) in [5.74, 6) is -0.304. The summed E-state index contributed by atoms with van der Waals surface area (Å²) in [4.78, 5) is 10.8. The Morgan fingerprint density at radius 1 is 1.29 bits per heavy atom. The van der Waals surface area contributed by atoms with Crippen molar-refractivity contribution in [2.45, 2.75) is 72.1 Å². The molecule has 1 aliphatic carbocycles. The van der Waals surface area contributed by atoms with Crippen molar-refractivity contribution in [1.29, 1.82) is 0 Å². The Balaban J connectivity index is 2.29. The molecule has 0 bridgehead atoms. The molecule has 21 heavy (non-hydrogen) atoms. The average Bonchev–Trinajstić information content (AvgIpc) is 2.38. The smallest absolute Gasteiger partial charge is 0.303 e. The van der Waals surface area contributed by atoms with Crippen LogP contribution in [0.25, 0.3) is 0 Å². The van der Waals surface area contributed by atoms with Crippen LogP contribution in [-0.4, -0.2) is 11.1 Å². The summed E-state index contributed by atoms with van der Waals surface area (Å²) in [7, 11) is 0. The topological polar surface area (TPSA) is 37.3 Å². The van der Waals surface area contributed by atoms with E-state index in [9.17, 15) is 4.79 Å². The van der Waals surface area contributed by atoms with Gasteiger partial charge in [-0.15, -0.1) is 0 Å². The first-order valence-corrected chi connectivity index (χ1v) is 8.16. The van der Waals surface area contributed by atoms with Crippen LogP contribution in [-0.2, 0) is 4.79 Å². The van der Waals surface area contributed by atoms with Gasteiger partial charge in [0.05, 0.1) is 0 Å².